The van der Waals surface area contributed by atoms with Crippen molar-refractivity contribution >= 4 is 21.6 Å². The number of hydrogen-bond donors (Lipinski definition) is 1. The highest BCUT2D eigenvalue weighted by Crippen LogP contribution is 2.26. The average molecular weight is 300 g/mol. The molecule has 90 valence electrons. The second-order valence-corrected chi connectivity index (χ2v) is 4.97. The van der Waals surface area contributed by atoms with Crippen molar-refractivity contribution in [3.63, 3.8) is 0 Å². The van der Waals surface area contributed by atoms with Gasteiger partial charge in [-0.15, -0.1) is 6.42 Å². The Morgan fingerprint density at radius 3 is 2.67 bits per heavy atom. The summed E-state index contributed by atoms with van der Waals surface area (Å²) in [5, 5.41) is 3.45. The van der Waals surface area contributed by atoms with Gasteiger partial charge < -0.3 is 5.32 Å². The molecule has 0 spiro atoms. The van der Waals surface area contributed by atoms with E-state index in [0.717, 1.165) is 15.7 Å². The van der Waals surface area contributed by atoms with E-state index in [4.69, 9.17) is 6.42 Å². The lowest BCUT2D eigenvalue weighted by Crippen LogP contribution is -2.07. The van der Waals surface area contributed by atoms with E-state index in [1.54, 1.807) is 0 Å². The zero-order valence-corrected chi connectivity index (χ0v) is 11.7. The molecule has 0 saturated heterocycles. The highest BCUT2D eigenvalue weighted by molar-refractivity contribution is 9.10. The maximum atomic E-state index is 5.40. The highest BCUT2D eigenvalue weighted by Gasteiger charge is 2.08. The molecule has 1 nitrogen and oxygen atoms in total. The van der Waals surface area contributed by atoms with Crippen molar-refractivity contribution in [2.24, 2.45) is 0 Å². The first kappa shape index (κ1) is 12.7. The van der Waals surface area contributed by atoms with Crippen LogP contribution in [0.5, 0.6) is 0 Å². The summed E-state index contributed by atoms with van der Waals surface area (Å²) in [6.45, 7) is 2.13. The molecule has 0 saturated carbocycles. The molecule has 1 unspecified atom stereocenters. The lowest BCUT2D eigenvalue weighted by Gasteiger charge is -2.17. The van der Waals surface area contributed by atoms with E-state index in [-0.39, 0.29) is 6.04 Å². The molecule has 0 aliphatic heterocycles. The Morgan fingerprint density at radius 1 is 1.17 bits per heavy atom. The molecule has 2 aromatic rings. The van der Waals surface area contributed by atoms with Crippen LogP contribution in [0.25, 0.3) is 0 Å². The molecule has 18 heavy (non-hydrogen) atoms. The summed E-state index contributed by atoms with van der Waals surface area (Å²) in [6, 6.07) is 16.3. The Kier molecular flexibility index (Phi) is 4.07. The predicted octanol–water partition coefficient (Wildman–Crippen LogP) is 4.60. The van der Waals surface area contributed by atoms with Gasteiger partial charge in [0.2, 0.25) is 0 Å². The molecule has 1 atom stereocenters. The molecule has 2 rings (SSSR count). The van der Waals surface area contributed by atoms with Crippen molar-refractivity contribution in [2.45, 2.75) is 13.0 Å². The van der Waals surface area contributed by atoms with Crippen LogP contribution in [-0.4, -0.2) is 0 Å². The molecule has 2 aromatic carbocycles. The number of benzene rings is 2. The number of terminal acetylenes is 1. The standard InChI is InChI=1S/C16H14BrN/c1-3-13-7-6-8-14(11-13)18-12(2)15-9-4-5-10-16(15)17/h1,4-12,18H,2H3. The van der Waals surface area contributed by atoms with E-state index in [1.165, 1.54) is 5.56 Å². The smallest absolute Gasteiger partial charge is 0.0496 e. The van der Waals surface area contributed by atoms with Crippen LogP contribution in [0.2, 0.25) is 0 Å². The van der Waals surface area contributed by atoms with Gasteiger partial charge in [0.25, 0.3) is 0 Å². The van der Waals surface area contributed by atoms with Crippen molar-refractivity contribution < 1.29 is 0 Å². The van der Waals surface area contributed by atoms with Crippen LogP contribution in [0, 0.1) is 12.3 Å². The second kappa shape index (κ2) is 5.75. The highest BCUT2D eigenvalue weighted by atomic mass is 79.9. The number of rotatable bonds is 3. The fraction of sp³-hybridized carbons (Fsp3) is 0.125. The van der Waals surface area contributed by atoms with Gasteiger partial charge in [0.05, 0.1) is 0 Å². The van der Waals surface area contributed by atoms with Gasteiger partial charge in [-0.25, -0.2) is 0 Å². The van der Waals surface area contributed by atoms with Crippen molar-refractivity contribution in [3.05, 3.63) is 64.1 Å². The second-order valence-electron chi connectivity index (χ2n) is 4.11. The Balaban J connectivity index is 2.19. The van der Waals surface area contributed by atoms with Crippen LogP contribution in [-0.2, 0) is 0 Å². The molecule has 0 aliphatic rings. The minimum Gasteiger partial charge on any atom is -0.378 e. The molecular weight excluding hydrogens is 286 g/mol. The SMILES string of the molecule is C#Cc1cccc(NC(C)c2ccccc2Br)c1. The fourth-order valence-corrected chi connectivity index (χ4v) is 2.48. The molecule has 0 aliphatic carbocycles. The zero-order chi connectivity index (χ0) is 13.0. The van der Waals surface area contributed by atoms with Gasteiger partial charge in [-0.2, -0.15) is 0 Å². The molecule has 0 bridgehead atoms. The van der Waals surface area contributed by atoms with Gasteiger partial charge in [-0.3, -0.25) is 0 Å². The molecule has 1 N–H and O–H groups in total. The van der Waals surface area contributed by atoms with E-state index < -0.39 is 0 Å². The Hall–Kier alpha value is -1.72. The molecular formula is C16H14BrN. The van der Waals surface area contributed by atoms with E-state index in [9.17, 15) is 0 Å². The number of hydrogen-bond acceptors (Lipinski definition) is 1. The molecule has 2 heteroatoms. The average Bonchev–Trinajstić information content (AvgIpc) is 2.39. The van der Waals surface area contributed by atoms with Crippen LogP contribution in [0.3, 0.4) is 0 Å². The van der Waals surface area contributed by atoms with Gasteiger partial charge in [0, 0.05) is 21.8 Å². The van der Waals surface area contributed by atoms with Crippen molar-refractivity contribution in [2.75, 3.05) is 5.32 Å². The summed E-state index contributed by atoms with van der Waals surface area (Å²) in [4.78, 5) is 0. The number of nitrogens with one attached hydrogen (secondary N) is 1. The Bertz CT molecular complexity index is 584. The predicted molar refractivity (Wildman–Crippen MR) is 80.6 cm³/mol. The summed E-state index contributed by atoms with van der Waals surface area (Å²) in [5.41, 5.74) is 3.15. The summed E-state index contributed by atoms with van der Waals surface area (Å²) in [7, 11) is 0. The third-order valence-electron chi connectivity index (χ3n) is 2.78. The summed E-state index contributed by atoms with van der Waals surface area (Å²) in [6.07, 6.45) is 5.40. The minimum absolute atomic E-state index is 0.216. The summed E-state index contributed by atoms with van der Waals surface area (Å²) >= 11 is 3.57. The maximum Gasteiger partial charge on any atom is 0.0496 e. The fourth-order valence-electron chi connectivity index (χ4n) is 1.85. The van der Waals surface area contributed by atoms with E-state index in [1.807, 2.05) is 42.5 Å². The largest absolute Gasteiger partial charge is 0.378 e. The third kappa shape index (κ3) is 2.94. The molecule has 0 fully saturated rings. The lowest BCUT2D eigenvalue weighted by molar-refractivity contribution is 0.879. The van der Waals surface area contributed by atoms with Crippen molar-refractivity contribution in [1.82, 2.24) is 0 Å². The first-order valence-corrected chi connectivity index (χ1v) is 6.57. The normalized spacial score (nSPS) is 11.6. The van der Waals surface area contributed by atoms with Gasteiger partial charge in [-0.1, -0.05) is 46.1 Å². The minimum atomic E-state index is 0.216. The lowest BCUT2D eigenvalue weighted by atomic mass is 10.1. The van der Waals surface area contributed by atoms with Gasteiger partial charge >= 0.3 is 0 Å². The molecule has 0 radical (unpaired) electrons. The van der Waals surface area contributed by atoms with Gasteiger partial charge in [0.1, 0.15) is 0 Å². The molecule has 0 amide bonds. The van der Waals surface area contributed by atoms with Crippen molar-refractivity contribution in [3.8, 4) is 12.3 Å². The summed E-state index contributed by atoms with van der Waals surface area (Å²) < 4.78 is 1.11. The van der Waals surface area contributed by atoms with Crippen LogP contribution in [0.1, 0.15) is 24.1 Å². The first-order chi connectivity index (χ1) is 8.70. The van der Waals surface area contributed by atoms with Crippen LogP contribution in [0.4, 0.5) is 5.69 Å². The zero-order valence-electron chi connectivity index (χ0n) is 10.2. The first-order valence-electron chi connectivity index (χ1n) is 5.78. The van der Waals surface area contributed by atoms with Crippen LogP contribution < -0.4 is 5.32 Å². The molecule has 0 aromatic heterocycles. The van der Waals surface area contributed by atoms with Gasteiger partial charge in [-0.05, 0) is 36.8 Å². The van der Waals surface area contributed by atoms with Crippen LogP contribution >= 0.6 is 15.9 Å². The van der Waals surface area contributed by atoms with E-state index >= 15 is 0 Å². The Labute approximate surface area is 116 Å². The number of anilines is 1. The topological polar surface area (TPSA) is 12.0 Å². The summed E-state index contributed by atoms with van der Waals surface area (Å²) in [5.74, 6) is 2.64. The van der Waals surface area contributed by atoms with E-state index in [0.29, 0.717) is 0 Å². The van der Waals surface area contributed by atoms with Crippen molar-refractivity contribution in [1.29, 1.82) is 0 Å². The number of halogens is 1. The Morgan fingerprint density at radius 2 is 1.94 bits per heavy atom. The van der Waals surface area contributed by atoms with E-state index in [2.05, 4.69) is 40.2 Å². The quantitative estimate of drug-likeness (QED) is 0.817. The van der Waals surface area contributed by atoms with Gasteiger partial charge in [0.15, 0.2) is 0 Å². The monoisotopic (exact) mass is 299 g/mol. The molecule has 0 heterocycles. The third-order valence-corrected chi connectivity index (χ3v) is 3.51. The maximum absolute atomic E-state index is 5.40. The van der Waals surface area contributed by atoms with Crippen LogP contribution in [0.15, 0.2) is 53.0 Å².